The number of aliphatic hydroxyl groups is 1. The first-order valence-corrected chi connectivity index (χ1v) is 15.7. The Balaban J connectivity index is 1.18. The second kappa shape index (κ2) is 13.3. The fourth-order valence-corrected chi connectivity index (χ4v) is 6.65. The van der Waals surface area contributed by atoms with Crippen LogP contribution in [-0.4, -0.2) is 95.3 Å². The first-order valence-electron chi connectivity index (χ1n) is 15.7. The minimum Gasteiger partial charge on any atom is -0.393 e. The summed E-state index contributed by atoms with van der Waals surface area (Å²) < 4.78 is 0. The summed E-state index contributed by atoms with van der Waals surface area (Å²) in [5, 5.41) is 17.1. The molecule has 0 unspecified atom stereocenters. The van der Waals surface area contributed by atoms with Crippen molar-refractivity contribution in [3.63, 3.8) is 0 Å². The fraction of sp³-hybridized carbons (Fsp3) is 0.485. The van der Waals surface area contributed by atoms with Crippen LogP contribution in [0.4, 0.5) is 23.0 Å². The highest BCUT2D eigenvalue weighted by Gasteiger charge is 2.27. The Morgan fingerprint density at radius 2 is 1.60 bits per heavy atom. The number of rotatable bonds is 8. The number of nitrogens with one attached hydrogen (secondary N) is 2. The van der Waals surface area contributed by atoms with E-state index in [2.05, 4.69) is 44.5 Å². The number of aliphatic hydroxyl groups excluding tert-OH is 1. The Hall–Kier alpha value is -3.73. The molecule has 1 saturated carbocycles. The van der Waals surface area contributed by atoms with Gasteiger partial charge in [-0.15, -0.1) is 0 Å². The van der Waals surface area contributed by atoms with Gasteiger partial charge in [-0.1, -0.05) is 30.3 Å². The molecule has 43 heavy (non-hydrogen) atoms. The van der Waals surface area contributed by atoms with Gasteiger partial charge in [0.15, 0.2) is 17.3 Å². The Bertz CT molecular complexity index is 1370. The van der Waals surface area contributed by atoms with Gasteiger partial charge >= 0.3 is 0 Å². The molecule has 0 radical (unpaired) electrons. The van der Waals surface area contributed by atoms with Crippen molar-refractivity contribution in [2.24, 2.45) is 5.73 Å². The predicted molar refractivity (Wildman–Crippen MR) is 172 cm³/mol. The van der Waals surface area contributed by atoms with Crippen LogP contribution >= 0.6 is 0 Å². The maximum atomic E-state index is 12.6. The summed E-state index contributed by atoms with van der Waals surface area (Å²) in [6, 6.07) is 18.7. The number of carbonyl (C=O) groups excluding carboxylic acids is 1. The number of piperidine rings is 1. The van der Waals surface area contributed by atoms with Crippen LogP contribution in [-0.2, 0) is 0 Å². The topological polar surface area (TPSA) is 123 Å². The Morgan fingerprint density at radius 3 is 2.28 bits per heavy atom. The van der Waals surface area contributed by atoms with E-state index < -0.39 is 5.91 Å². The van der Waals surface area contributed by atoms with Gasteiger partial charge in [-0.2, -0.15) is 0 Å². The van der Waals surface area contributed by atoms with Crippen LogP contribution in [0.2, 0.25) is 0 Å². The van der Waals surface area contributed by atoms with Crippen molar-refractivity contribution in [2.75, 3.05) is 61.8 Å². The fourth-order valence-electron chi connectivity index (χ4n) is 6.65. The molecule has 1 aromatic heterocycles. The summed E-state index contributed by atoms with van der Waals surface area (Å²) >= 11 is 0. The van der Waals surface area contributed by atoms with E-state index in [9.17, 15) is 9.90 Å². The average molecular weight is 585 g/mol. The number of primary amides is 1. The third kappa shape index (κ3) is 7.09. The normalized spacial score (nSPS) is 22.3. The zero-order valence-corrected chi connectivity index (χ0v) is 25.1. The number of anilines is 4. The Labute approximate surface area is 254 Å². The summed E-state index contributed by atoms with van der Waals surface area (Å²) in [5.41, 5.74) is 9.30. The number of nitrogens with zero attached hydrogens (tertiary/aromatic N) is 5. The molecule has 2 aliphatic heterocycles. The van der Waals surface area contributed by atoms with E-state index in [1.54, 1.807) is 0 Å². The molecule has 2 saturated heterocycles. The molecule has 2 atom stereocenters. The predicted octanol–water partition coefficient (Wildman–Crippen LogP) is 3.92. The lowest BCUT2D eigenvalue weighted by Gasteiger charge is -2.42. The van der Waals surface area contributed by atoms with Gasteiger partial charge in [0.05, 0.1) is 6.10 Å². The maximum Gasteiger partial charge on any atom is 0.271 e. The summed E-state index contributed by atoms with van der Waals surface area (Å²) in [6.45, 7) is 6.76. The van der Waals surface area contributed by atoms with Crippen molar-refractivity contribution in [1.82, 2.24) is 19.8 Å². The molecule has 3 aromatic rings. The molecular formula is C33H44N8O2. The highest BCUT2D eigenvalue weighted by Crippen LogP contribution is 2.32. The van der Waals surface area contributed by atoms with Crippen LogP contribution in [0.15, 0.2) is 54.6 Å². The minimum atomic E-state index is -0.647. The van der Waals surface area contributed by atoms with Gasteiger partial charge in [0.25, 0.3) is 5.91 Å². The van der Waals surface area contributed by atoms with E-state index in [-0.39, 0.29) is 17.8 Å². The summed E-state index contributed by atoms with van der Waals surface area (Å²) in [6.07, 6.45) is 5.36. The van der Waals surface area contributed by atoms with E-state index in [1.807, 2.05) is 42.5 Å². The number of piperazine rings is 1. The van der Waals surface area contributed by atoms with E-state index in [0.29, 0.717) is 29.8 Å². The van der Waals surface area contributed by atoms with Gasteiger partial charge in [-0.3, -0.25) is 9.69 Å². The summed E-state index contributed by atoms with van der Waals surface area (Å²) in [7, 11) is 2.21. The van der Waals surface area contributed by atoms with Crippen molar-refractivity contribution in [2.45, 2.75) is 56.7 Å². The van der Waals surface area contributed by atoms with Crippen molar-refractivity contribution >= 4 is 28.9 Å². The van der Waals surface area contributed by atoms with Gasteiger partial charge < -0.3 is 31.3 Å². The molecule has 3 aliphatic rings. The monoisotopic (exact) mass is 584 g/mol. The van der Waals surface area contributed by atoms with Crippen LogP contribution in [0.1, 0.15) is 49.0 Å². The van der Waals surface area contributed by atoms with Crippen LogP contribution in [0.3, 0.4) is 0 Å². The van der Waals surface area contributed by atoms with Gasteiger partial charge in [-0.25, -0.2) is 9.97 Å². The number of benzene rings is 2. The van der Waals surface area contributed by atoms with Crippen molar-refractivity contribution < 1.29 is 9.90 Å². The first kappa shape index (κ1) is 29.3. The molecule has 2 aromatic carbocycles. The zero-order valence-electron chi connectivity index (χ0n) is 25.1. The Morgan fingerprint density at radius 1 is 0.884 bits per heavy atom. The number of nitrogens with two attached hydrogens (primary N) is 1. The highest BCUT2D eigenvalue weighted by atomic mass is 16.3. The first-order chi connectivity index (χ1) is 20.9. The number of amides is 1. The van der Waals surface area contributed by atoms with Crippen molar-refractivity contribution in [3.05, 3.63) is 60.3 Å². The van der Waals surface area contributed by atoms with Gasteiger partial charge in [0.2, 0.25) is 0 Å². The third-order valence-electron chi connectivity index (χ3n) is 9.18. The molecule has 3 fully saturated rings. The molecule has 5 N–H and O–H groups in total. The number of hydrogen-bond donors (Lipinski definition) is 4. The van der Waals surface area contributed by atoms with Crippen molar-refractivity contribution in [1.29, 1.82) is 0 Å². The quantitative estimate of drug-likeness (QED) is 0.312. The largest absolute Gasteiger partial charge is 0.393 e. The van der Waals surface area contributed by atoms with Crippen LogP contribution in [0, 0.1) is 0 Å². The highest BCUT2D eigenvalue weighted by molar-refractivity contribution is 5.97. The zero-order chi connectivity index (χ0) is 29.8. The third-order valence-corrected chi connectivity index (χ3v) is 9.18. The van der Waals surface area contributed by atoms with E-state index in [0.717, 1.165) is 56.7 Å². The molecule has 0 spiro atoms. The molecular weight excluding hydrogens is 540 g/mol. The number of carbonyl (C=O) groups is 1. The molecule has 1 amide bonds. The Kier molecular flexibility index (Phi) is 9.06. The molecule has 0 bridgehead atoms. The lowest BCUT2D eigenvalue weighted by atomic mass is 9.93. The van der Waals surface area contributed by atoms with E-state index in [4.69, 9.17) is 15.7 Å². The van der Waals surface area contributed by atoms with Crippen LogP contribution in [0.25, 0.3) is 11.3 Å². The second-order valence-corrected chi connectivity index (χ2v) is 12.2. The van der Waals surface area contributed by atoms with E-state index in [1.165, 1.54) is 31.6 Å². The van der Waals surface area contributed by atoms with Gasteiger partial charge in [0.1, 0.15) is 5.69 Å². The van der Waals surface area contributed by atoms with Crippen LogP contribution in [0.5, 0.6) is 0 Å². The number of hydrogen-bond acceptors (Lipinski definition) is 9. The summed E-state index contributed by atoms with van der Waals surface area (Å²) in [4.78, 5) is 29.7. The molecule has 3 heterocycles. The van der Waals surface area contributed by atoms with Gasteiger partial charge in [-0.05, 0) is 69.8 Å². The molecule has 6 rings (SSSR count). The van der Waals surface area contributed by atoms with Gasteiger partial charge in [0, 0.05) is 68.3 Å². The van der Waals surface area contributed by atoms with E-state index >= 15 is 0 Å². The second-order valence-electron chi connectivity index (χ2n) is 12.2. The molecule has 10 nitrogen and oxygen atoms in total. The molecule has 10 heteroatoms. The minimum absolute atomic E-state index is 0.0625. The standard InChI is InChI=1S/C33H44N8O2/c1-39-18-20-41(21-19-39)27-14-16-40(17-15-27)26-12-10-24(11-13-26)35-33-30(31(34)43)37-29(23-6-3-2-4-7-23)32(38-33)36-25-8-5-9-28(42)22-25/h2-4,6-7,10-13,25,27-28,42H,5,8-9,14-22H2,1H3,(H2,34,43)(H2,35,36,38)/t25-,28-/m0/s1. The lowest BCUT2D eigenvalue weighted by molar-refractivity contribution is 0.0982. The molecule has 1 aliphatic carbocycles. The lowest BCUT2D eigenvalue weighted by Crippen LogP contribution is -2.52. The SMILES string of the molecule is CN1CCN(C2CCN(c3ccc(Nc4nc(N[C@H]5CCC[C@H](O)C5)c(-c5ccccc5)nc4C(N)=O)cc3)CC2)CC1. The smallest absolute Gasteiger partial charge is 0.271 e. The number of likely N-dealkylation sites (N-methyl/N-ethyl adjacent to an activating group) is 1. The van der Waals surface area contributed by atoms with Crippen LogP contribution < -0.4 is 21.3 Å². The molecule has 228 valence electrons. The van der Waals surface area contributed by atoms with Crippen molar-refractivity contribution in [3.8, 4) is 11.3 Å². The summed E-state index contributed by atoms with van der Waals surface area (Å²) in [5.74, 6) is 0.232. The maximum absolute atomic E-state index is 12.6. The number of aromatic nitrogens is 2. The average Bonchev–Trinajstić information content (AvgIpc) is 3.02.